The van der Waals surface area contributed by atoms with E-state index in [0.717, 1.165) is 6.08 Å². The second-order valence-electron chi connectivity index (χ2n) is 2.38. The van der Waals surface area contributed by atoms with Crippen molar-refractivity contribution in [1.29, 1.82) is 0 Å². The predicted octanol–water partition coefficient (Wildman–Crippen LogP) is 0.784. The highest BCUT2D eigenvalue weighted by Crippen LogP contribution is 2.05. The Morgan fingerprint density at radius 2 is 2.36 bits per heavy atom. The average Bonchev–Trinajstić information content (AvgIpc) is 2.15. The third-order valence-corrected chi connectivity index (χ3v) is 1.40. The van der Waals surface area contributed by atoms with Gasteiger partial charge in [-0.15, -0.1) is 0 Å². The zero-order valence-electron chi connectivity index (χ0n) is 6.95. The molecule has 0 saturated heterocycles. The maximum absolute atomic E-state index is 10.4. The van der Waals surface area contributed by atoms with Gasteiger partial charge in [0.25, 0.3) is 0 Å². The number of pyridine rings is 1. The first-order chi connectivity index (χ1) is 6.61. The van der Waals surface area contributed by atoms with E-state index in [1.54, 1.807) is 6.07 Å². The number of aromatic nitrogens is 1. The zero-order chi connectivity index (χ0) is 10.6. The van der Waals surface area contributed by atoms with Crippen molar-refractivity contribution in [2.45, 2.75) is 0 Å². The Kier molecular flexibility index (Phi) is 2.90. The molecule has 0 radical (unpaired) electrons. The molecule has 6 nitrogen and oxygen atoms in total. The summed E-state index contributed by atoms with van der Waals surface area (Å²) in [4.78, 5) is 23.4. The number of rotatable bonds is 3. The van der Waals surface area contributed by atoms with Gasteiger partial charge in [-0.25, -0.2) is 4.79 Å². The Bertz CT molecular complexity index is 370. The van der Waals surface area contributed by atoms with Crippen molar-refractivity contribution < 1.29 is 14.8 Å². The topological polar surface area (TPSA) is 93.3 Å². The summed E-state index contributed by atoms with van der Waals surface area (Å²) in [5.41, 5.74) is -0.500. The van der Waals surface area contributed by atoms with E-state index in [-0.39, 0.29) is 0 Å². The number of nitro groups is 1. The summed E-state index contributed by atoms with van der Waals surface area (Å²) >= 11 is 0. The molecule has 1 rings (SSSR count). The molecule has 0 aromatic carbocycles. The van der Waals surface area contributed by atoms with Gasteiger partial charge in [0, 0.05) is 18.5 Å². The number of carboxylic acid groups (broad SMARTS) is 1. The first kappa shape index (κ1) is 9.85. The average molecular weight is 194 g/mol. The van der Waals surface area contributed by atoms with Crippen molar-refractivity contribution in [2.24, 2.45) is 0 Å². The fraction of sp³-hybridized carbons (Fsp3) is 0. The second kappa shape index (κ2) is 4.13. The maximum atomic E-state index is 10.4. The molecule has 1 aromatic rings. The van der Waals surface area contributed by atoms with Crippen LogP contribution in [0.5, 0.6) is 0 Å². The lowest BCUT2D eigenvalue weighted by Crippen LogP contribution is -2.09. The fourth-order valence-electron chi connectivity index (χ4n) is 0.812. The summed E-state index contributed by atoms with van der Waals surface area (Å²) in [7, 11) is 0. The van der Waals surface area contributed by atoms with E-state index in [1.807, 2.05) is 0 Å². The lowest BCUT2D eigenvalue weighted by molar-refractivity contribution is -0.419. The van der Waals surface area contributed by atoms with Crippen LogP contribution >= 0.6 is 0 Å². The lowest BCUT2D eigenvalue weighted by atomic mass is 10.2. The zero-order valence-corrected chi connectivity index (χ0v) is 6.95. The maximum Gasteiger partial charge on any atom is 0.407 e. The minimum atomic E-state index is -1.57. The van der Waals surface area contributed by atoms with Crippen LogP contribution in [-0.4, -0.2) is 21.0 Å². The van der Waals surface area contributed by atoms with E-state index >= 15 is 0 Å². The molecule has 1 aromatic heterocycles. The molecule has 0 aliphatic heterocycles. The van der Waals surface area contributed by atoms with E-state index < -0.39 is 16.6 Å². The third kappa shape index (κ3) is 2.37. The number of aliphatic carboxylic acids is 1. The number of carbonyl (C=O) groups is 1. The van der Waals surface area contributed by atoms with Crippen molar-refractivity contribution in [3.63, 3.8) is 0 Å². The van der Waals surface area contributed by atoms with Gasteiger partial charge < -0.3 is 5.11 Å². The third-order valence-electron chi connectivity index (χ3n) is 1.40. The van der Waals surface area contributed by atoms with Crippen LogP contribution in [-0.2, 0) is 4.79 Å². The molecule has 0 atom stereocenters. The Balaban J connectivity index is 3.06. The molecule has 0 fully saturated rings. The molecule has 14 heavy (non-hydrogen) atoms. The highest BCUT2D eigenvalue weighted by molar-refractivity contribution is 5.89. The predicted molar refractivity (Wildman–Crippen MR) is 46.8 cm³/mol. The summed E-state index contributed by atoms with van der Waals surface area (Å²) in [6, 6.07) is 3.09. The molecule has 0 spiro atoms. The molecule has 1 N–H and O–H groups in total. The summed E-state index contributed by atoms with van der Waals surface area (Å²) in [6.07, 6.45) is 3.78. The highest BCUT2D eigenvalue weighted by Gasteiger charge is 2.19. The van der Waals surface area contributed by atoms with Gasteiger partial charge in [-0.3, -0.25) is 15.1 Å². The number of nitrogens with zero attached hydrogens (tertiary/aromatic N) is 2. The molecule has 1 heterocycles. The normalized spacial score (nSPS) is 11.0. The van der Waals surface area contributed by atoms with Crippen LogP contribution < -0.4 is 0 Å². The number of hydrogen-bond acceptors (Lipinski definition) is 4. The summed E-state index contributed by atoms with van der Waals surface area (Å²) in [5.74, 6) is -1.57. The molecule has 0 aliphatic carbocycles. The lowest BCUT2D eigenvalue weighted by Gasteiger charge is -1.92. The number of hydrogen-bond donors (Lipinski definition) is 1. The quantitative estimate of drug-likeness (QED) is 0.436. The van der Waals surface area contributed by atoms with Crippen LogP contribution in [0, 0.1) is 10.1 Å². The Morgan fingerprint density at radius 1 is 1.64 bits per heavy atom. The Hall–Kier alpha value is -2.24. The van der Waals surface area contributed by atoms with Gasteiger partial charge >= 0.3 is 11.7 Å². The fourth-order valence-corrected chi connectivity index (χ4v) is 0.812. The van der Waals surface area contributed by atoms with Gasteiger partial charge in [-0.05, 0) is 11.6 Å². The first-order valence-corrected chi connectivity index (χ1v) is 3.60. The van der Waals surface area contributed by atoms with E-state index in [2.05, 4.69) is 4.98 Å². The molecular weight excluding hydrogens is 188 g/mol. The van der Waals surface area contributed by atoms with Crippen LogP contribution in [0.2, 0.25) is 0 Å². The monoisotopic (exact) mass is 194 g/mol. The van der Waals surface area contributed by atoms with Crippen molar-refractivity contribution in [1.82, 2.24) is 4.98 Å². The van der Waals surface area contributed by atoms with Crippen molar-refractivity contribution in [3.05, 3.63) is 45.9 Å². The molecule has 0 saturated carbocycles. The molecule has 0 amide bonds. The molecule has 0 unspecified atom stereocenters. The van der Waals surface area contributed by atoms with Crippen molar-refractivity contribution >= 4 is 12.0 Å². The molecule has 72 valence electrons. The van der Waals surface area contributed by atoms with E-state index in [9.17, 15) is 14.9 Å². The Morgan fingerprint density at radius 3 is 2.79 bits per heavy atom. The smallest absolute Gasteiger partial charge is 0.407 e. The van der Waals surface area contributed by atoms with Crippen LogP contribution in [0.15, 0.2) is 30.2 Å². The first-order valence-electron chi connectivity index (χ1n) is 3.60. The molecule has 0 bridgehead atoms. The van der Waals surface area contributed by atoms with E-state index in [0.29, 0.717) is 5.56 Å². The van der Waals surface area contributed by atoms with Gasteiger partial charge in [0.1, 0.15) is 0 Å². The van der Waals surface area contributed by atoms with Crippen LogP contribution in [0.25, 0.3) is 6.08 Å². The van der Waals surface area contributed by atoms with E-state index in [4.69, 9.17) is 5.11 Å². The second-order valence-corrected chi connectivity index (χ2v) is 2.38. The van der Waals surface area contributed by atoms with Gasteiger partial charge in [0.05, 0.1) is 4.92 Å². The summed E-state index contributed by atoms with van der Waals surface area (Å²) in [6.45, 7) is 0. The van der Waals surface area contributed by atoms with Crippen LogP contribution in [0.3, 0.4) is 0 Å². The molecule has 6 heteroatoms. The van der Waals surface area contributed by atoms with Gasteiger partial charge in [-0.2, -0.15) is 0 Å². The minimum Gasteiger partial charge on any atom is -0.473 e. The van der Waals surface area contributed by atoms with Gasteiger partial charge in [0.2, 0.25) is 0 Å². The van der Waals surface area contributed by atoms with E-state index in [1.165, 1.54) is 18.5 Å². The van der Waals surface area contributed by atoms with Gasteiger partial charge in [-0.1, -0.05) is 6.07 Å². The Labute approximate surface area is 78.7 Å². The summed E-state index contributed by atoms with van der Waals surface area (Å²) in [5, 5.41) is 18.8. The molecule has 0 aliphatic rings. The van der Waals surface area contributed by atoms with Crippen molar-refractivity contribution in [3.8, 4) is 0 Å². The number of carboxylic acids is 1. The van der Waals surface area contributed by atoms with Crippen LogP contribution in [0.4, 0.5) is 0 Å². The minimum absolute atomic E-state index is 0.376. The standard InChI is InChI=1S/C8H6N2O4/c11-8(12)7(10(13)14)4-6-2-1-3-9-5-6/h1-5H,(H,11,12)/b7-4+. The largest absolute Gasteiger partial charge is 0.473 e. The van der Waals surface area contributed by atoms with Crippen LogP contribution in [0.1, 0.15) is 5.56 Å². The van der Waals surface area contributed by atoms with Crippen molar-refractivity contribution in [2.75, 3.05) is 0 Å². The molecular formula is C8H6N2O4. The summed E-state index contributed by atoms with van der Waals surface area (Å²) < 4.78 is 0. The van der Waals surface area contributed by atoms with Gasteiger partial charge in [0.15, 0.2) is 0 Å². The highest BCUT2D eigenvalue weighted by atomic mass is 16.6. The SMILES string of the molecule is O=C(O)/C(=C\c1cccnc1)[N+](=O)[O-].